The number of aliphatic carboxylic acids is 1. The summed E-state index contributed by atoms with van der Waals surface area (Å²) in [5.74, 6) is -0.768. The Balaban J connectivity index is 1.85. The van der Waals surface area contributed by atoms with Gasteiger partial charge in [0.05, 0.1) is 12.1 Å². The van der Waals surface area contributed by atoms with E-state index in [4.69, 9.17) is 5.11 Å². The maximum atomic E-state index is 10.5. The third-order valence-electron chi connectivity index (χ3n) is 3.44. The van der Waals surface area contributed by atoms with E-state index in [-0.39, 0.29) is 6.42 Å². The smallest absolute Gasteiger partial charge is 0.303 e. The van der Waals surface area contributed by atoms with Gasteiger partial charge in [0.25, 0.3) is 0 Å². The first-order chi connectivity index (χ1) is 8.44. The number of carboxylic acid groups (broad SMARTS) is 1. The number of thiazole rings is 1. The fraction of sp³-hybridized carbons (Fsp3) is 0.692. The van der Waals surface area contributed by atoms with Gasteiger partial charge in [-0.2, -0.15) is 0 Å². The lowest BCUT2D eigenvalue weighted by molar-refractivity contribution is -0.136. The summed E-state index contributed by atoms with van der Waals surface area (Å²) < 4.78 is 0. The molecule has 1 aliphatic rings. The predicted molar refractivity (Wildman–Crippen MR) is 73.1 cm³/mol. The molecule has 1 atom stereocenters. The van der Waals surface area contributed by atoms with Crippen LogP contribution in [0.4, 0.5) is 5.13 Å². The number of aryl methyl sites for hydroxylation is 1. The predicted octanol–water partition coefficient (Wildman–Crippen LogP) is 3.15. The highest BCUT2D eigenvalue weighted by molar-refractivity contribution is 7.13. The lowest BCUT2D eigenvalue weighted by atomic mass is 9.92. The molecular formula is C13H20N2O2S. The van der Waals surface area contributed by atoms with Crippen molar-refractivity contribution in [3.8, 4) is 0 Å². The van der Waals surface area contributed by atoms with Crippen molar-refractivity contribution >= 4 is 22.4 Å². The minimum Gasteiger partial charge on any atom is -0.481 e. The van der Waals surface area contributed by atoms with Crippen LogP contribution in [0.25, 0.3) is 0 Å². The highest BCUT2D eigenvalue weighted by atomic mass is 32.1. The molecule has 5 heteroatoms. The first kappa shape index (κ1) is 13.3. The maximum absolute atomic E-state index is 10.5. The van der Waals surface area contributed by atoms with E-state index in [2.05, 4.69) is 24.1 Å². The van der Waals surface area contributed by atoms with Crippen LogP contribution in [0, 0.1) is 5.41 Å². The lowest BCUT2D eigenvalue weighted by Gasteiger charge is -2.17. The first-order valence-corrected chi connectivity index (χ1v) is 7.25. The van der Waals surface area contributed by atoms with Crippen molar-refractivity contribution in [2.75, 3.05) is 5.32 Å². The largest absolute Gasteiger partial charge is 0.481 e. The second-order valence-corrected chi connectivity index (χ2v) is 6.64. The molecule has 0 spiro atoms. The first-order valence-electron chi connectivity index (χ1n) is 6.37. The van der Waals surface area contributed by atoms with Crippen molar-refractivity contribution < 1.29 is 9.90 Å². The van der Waals surface area contributed by atoms with Crippen molar-refractivity contribution in [2.24, 2.45) is 5.41 Å². The standard InChI is InChI=1S/C13H20N2O2S/c1-13(2)6-5-9(7-13)14-12-15-10(8-18-12)3-4-11(16)17/h8-9H,3-7H2,1-2H3,(H,14,15)(H,16,17). The van der Waals surface area contributed by atoms with Gasteiger partial charge in [0, 0.05) is 17.8 Å². The second kappa shape index (κ2) is 5.26. The van der Waals surface area contributed by atoms with E-state index in [0.29, 0.717) is 17.9 Å². The maximum Gasteiger partial charge on any atom is 0.303 e. The van der Waals surface area contributed by atoms with Crippen LogP contribution in [0.1, 0.15) is 45.2 Å². The van der Waals surface area contributed by atoms with Crippen LogP contribution in [0.2, 0.25) is 0 Å². The van der Waals surface area contributed by atoms with Crippen LogP contribution in [0.5, 0.6) is 0 Å². The average molecular weight is 268 g/mol. The normalized spacial score (nSPS) is 22.0. The molecule has 2 rings (SSSR count). The summed E-state index contributed by atoms with van der Waals surface area (Å²) in [5.41, 5.74) is 1.31. The Morgan fingerprint density at radius 2 is 2.44 bits per heavy atom. The van der Waals surface area contributed by atoms with Crippen LogP contribution in [-0.2, 0) is 11.2 Å². The Morgan fingerprint density at radius 1 is 1.67 bits per heavy atom. The van der Waals surface area contributed by atoms with Crippen molar-refractivity contribution in [1.82, 2.24) is 4.98 Å². The van der Waals surface area contributed by atoms with Gasteiger partial charge < -0.3 is 10.4 Å². The molecule has 0 bridgehead atoms. The molecule has 100 valence electrons. The summed E-state index contributed by atoms with van der Waals surface area (Å²) in [6.45, 7) is 4.60. The van der Waals surface area contributed by atoms with Crippen LogP contribution < -0.4 is 5.32 Å². The van der Waals surface area contributed by atoms with E-state index in [1.165, 1.54) is 19.3 Å². The third-order valence-corrected chi connectivity index (χ3v) is 4.27. The number of nitrogens with zero attached hydrogens (tertiary/aromatic N) is 1. The third kappa shape index (κ3) is 3.70. The Kier molecular flexibility index (Phi) is 3.90. The van der Waals surface area contributed by atoms with Crippen molar-refractivity contribution in [2.45, 2.75) is 52.0 Å². The summed E-state index contributed by atoms with van der Waals surface area (Å²) in [6, 6.07) is 0.512. The zero-order chi connectivity index (χ0) is 13.2. The molecule has 1 aromatic rings. The molecule has 0 amide bonds. The minimum absolute atomic E-state index is 0.152. The number of hydrogen-bond acceptors (Lipinski definition) is 4. The number of carboxylic acids is 1. The van der Waals surface area contributed by atoms with Gasteiger partial charge >= 0.3 is 5.97 Å². The van der Waals surface area contributed by atoms with E-state index in [9.17, 15) is 4.79 Å². The number of aromatic nitrogens is 1. The van der Waals surface area contributed by atoms with Crippen molar-refractivity contribution in [3.63, 3.8) is 0 Å². The van der Waals surface area contributed by atoms with E-state index in [1.54, 1.807) is 11.3 Å². The van der Waals surface area contributed by atoms with E-state index in [0.717, 1.165) is 10.8 Å². The topological polar surface area (TPSA) is 62.2 Å². The Labute approximate surface area is 111 Å². The highest BCUT2D eigenvalue weighted by Gasteiger charge is 2.31. The summed E-state index contributed by atoms with van der Waals surface area (Å²) in [7, 11) is 0. The monoisotopic (exact) mass is 268 g/mol. The fourth-order valence-corrected chi connectivity index (χ4v) is 3.28. The molecule has 1 saturated carbocycles. The molecule has 18 heavy (non-hydrogen) atoms. The SMILES string of the molecule is CC1(C)CCC(Nc2nc(CCC(=O)O)cs2)C1. The Hall–Kier alpha value is -1.10. The minimum atomic E-state index is -0.768. The molecule has 1 heterocycles. The molecule has 2 N–H and O–H groups in total. The quantitative estimate of drug-likeness (QED) is 0.861. The second-order valence-electron chi connectivity index (χ2n) is 5.79. The van der Waals surface area contributed by atoms with Gasteiger partial charge in [0.2, 0.25) is 0 Å². The zero-order valence-corrected chi connectivity index (χ0v) is 11.7. The van der Waals surface area contributed by atoms with Crippen molar-refractivity contribution in [1.29, 1.82) is 0 Å². The summed E-state index contributed by atoms with van der Waals surface area (Å²) in [5, 5.41) is 15.0. The molecule has 0 aliphatic heterocycles. The van der Waals surface area contributed by atoms with E-state index in [1.807, 2.05) is 5.38 Å². The molecule has 1 fully saturated rings. The fourth-order valence-electron chi connectivity index (χ4n) is 2.46. The average Bonchev–Trinajstić information content (AvgIpc) is 2.83. The summed E-state index contributed by atoms with van der Waals surface area (Å²) in [4.78, 5) is 14.9. The Bertz CT molecular complexity index is 428. The van der Waals surface area contributed by atoms with Gasteiger partial charge in [0.15, 0.2) is 5.13 Å². The number of rotatable bonds is 5. The van der Waals surface area contributed by atoms with Crippen LogP contribution in [0.15, 0.2) is 5.38 Å². The molecule has 0 saturated heterocycles. The molecule has 0 radical (unpaired) electrons. The van der Waals surface area contributed by atoms with Crippen molar-refractivity contribution in [3.05, 3.63) is 11.1 Å². The molecule has 4 nitrogen and oxygen atoms in total. The van der Waals surface area contributed by atoms with Gasteiger partial charge in [-0.15, -0.1) is 11.3 Å². The van der Waals surface area contributed by atoms with Gasteiger partial charge in [-0.05, 0) is 24.7 Å². The van der Waals surface area contributed by atoms with E-state index >= 15 is 0 Å². The summed E-state index contributed by atoms with van der Waals surface area (Å²) in [6.07, 6.45) is 4.29. The van der Waals surface area contributed by atoms with E-state index < -0.39 is 5.97 Å². The van der Waals surface area contributed by atoms with Gasteiger partial charge in [0.1, 0.15) is 0 Å². The molecule has 0 aromatic carbocycles. The van der Waals surface area contributed by atoms with Crippen LogP contribution in [-0.4, -0.2) is 22.1 Å². The molecule has 1 aromatic heterocycles. The van der Waals surface area contributed by atoms with Crippen LogP contribution in [0.3, 0.4) is 0 Å². The molecule has 1 unspecified atom stereocenters. The lowest BCUT2D eigenvalue weighted by Crippen LogP contribution is -2.17. The number of hydrogen-bond donors (Lipinski definition) is 2. The molecule has 1 aliphatic carbocycles. The zero-order valence-electron chi connectivity index (χ0n) is 10.9. The van der Waals surface area contributed by atoms with Gasteiger partial charge in [-0.25, -0.2) is 4.98 Å². The number of nitrogens with one attached hydrogen (secondary N) is 1. The highest BCUT2D eigenvalue weighted by Crippen LogP contribution is 2.38. The van der Waals surface area contributed by atoms with Gasteiger partial charge in [-0.3, -0.25) is 4.79 Å². The number of anilines is 1. The summed E-state index contributed by atoms with van der Waals surface area (Å²) >= 11 is 1.57. The molecular weight excluding hydrogens is 248 g/mol. The number of carbonyl (C=O) groups is 1. The van der Waals surface area contributed by atoms with Gasteiger partial charge in [-0.1, -0.05) is 13.8 Å². The Morgan fingerprint density at radius 3 is 3.06 bits per heavy atom. The van der Waals surface area contributed by atoms with Crippen LogP contribution >= 0.6 is 11.3 Å².